The third-order valence-electron chi connectivity index (χ3n) is 9.72. The second-order valence-electron chi connectivity index (χ2n) is 10.4. The van der Waals surface area contributed by atoms with Gasteiger partial charge in [-0.1, -0.05) is 13.5 Å². The van der Waals surface area contributed by atoms with Crippen molar-refractivity contribution in [2.75, 3.05) is 13.6 Å². The molecular formula is C21H27NO3. The molecule has 0 amide bonds. The van der Waals surface area contributed by atoms with E-state index in [-0.39, 0.29) is 34.1 Å². The highest BCUT2D eigenvalue weighted by molar-refractivity contribution is 5.93. The number of carbonyl (C=O) groups is 2. The van der Waals surface area contributed by atoms with Gasteiger partial charge in [-0.3, -0.25) is 9.59 Å². The minimum Gasteiger partial charge on any atom is -0.388 e. The molecular weight excluding hydrogens is 314 g/mol. The molecule has 7 aliphatic rings. The quantitative estimate of drug-likeness (QED) is 0.683. The Labute approximate surface area is 148 Å². The fraction of sp³-hybridized carbons (Fsp3) is 0.810. The van der Waals surface area contributed by atoms with Crippen molar-refractivity contribution < 1.29 is 14.7 Å². The Morgan fingerprint density at radius 1 is 1.20 bits per heavy atom. The normalized spacial score (nSPS) is 61.8. The van der Waals surface area contributed by atoms with Crippen molar-refractivity contribution in [3.8, 4) is 0 Å². The first-order valence-electron chi connectivity index (χ1n) is 9.90. The minimum absolute atomic E-state index is 0.0317. The number of hydrogen-bond donors (Lipinski definition) is 1. The maximum atomic E-state index is 13.4. The number of aliphatic hydroxyl groups excluding tert-OH is 1. The van der Waals surface area contributed by atoms with Crippen LogP contribution < -0.4 is 0 Å². The average Bonchev–Trinajstić information content (AvgIpc) is 2.62. The van der Waals surface area contributed by atoms with Gasteiger partial charge in [-0.05, 0) is 49.1 Å². The molecule has 7 fully saturated rings. The fourth-order valence-corrected chi connectivity index (χ4v) is 9.59. The number of piperidine rings is 1. The van der Waals surface area contributed by atoms with Crippen LogP contribution in [-0.4, -0.2) is 47.3 Å². The summed E-state index contributed by atoms with van der Waals surface area (Å²) in [6, 6.07) is 0.141. The molecule has 9 atom stereocenters. The van der Waals surface area contributed by atoms with Crippen LogP contribution in [0.4, 0.5) is 0 Å². The van der Waals surface area contributed by atoms with Gasteiger partial charge >= 0.3 is 0 Å². The number of rotatable bonds is 0. The number of carbonyl (C=O) groups excluding carboxylic acids is 2. The zero-order chi connectivity index (χ0) is 17.5. The number of hydrogen-bond acceptors (Lipinski definition) is 4. The highest BCUT2D eigenvalue weighted by Crippen LogP contribution is 2.81. The minimum atomic E-state index is -0.559. The molecule has 4 heteroatoms. The topological polar surface area (TPSA) is 57.6 Å². The van der Waals surface area contributed by atoms with Crippen molar-refractivity contribution in [3.05, 3.63) is 12.2 Å². The Balaban J connectivity index is 1.66. The lowest BCUT2D eigenvalue weighted by molar-refractivity contribution is -0.194. The molecule has 6 saturated carbocycles. The lowest BCUT2D eigenvalue weighted by Crippen LogP contribution is -2.67. The first-order chi connectivity index (χ1) is 11.8. The predicted molar refractivity (Wildman–Crippen MR) is 91.6 cm³/mol. The van der Waals surface area contributed by atoms with E-state index in [9.17, 15) is 14.7 Å². The largest absolute Gasteiger partial charge is 0.388 e. The van der Waals surface area contributed by atoms with Crippen LogP contribution in [0.5, 0.6) is 0 Å². The highest BCUT2D eigenvalue weighted by atomic mass is 16.3. The zero-order valence-corrected chi connectivity index (χ0v) is 15.1. The standard InChI is InChI=1S/C21H27NO3/c1-10-12-6-14-20(18(10)25)5-4-13-19(2)7-11(23)8-21(13,14)17(22(3)9-19)15(20)16(12)24/h12-15,17-18,25H,1,4-9H2,2-3H3/t12-,13+,14+,15+,17+,18+,19-,20-,21-/m0/s1. The predicted octanol–water partition coefficient (Wildman–Crippen LogP) is 1.82. The van der Waals surface area contributed by atoms with Gasteiger partial charge in [0.1, 0.15) is 11.6 Å². The summed E-state index contributed by atoms with van der Waals surface area (Å²) in [7, 11) is 2.16. The molecule has 0 aromatic rings. The van der Waals surface area contributed by atoms with Crippen molar-refractivity contribution in [1.82, 2.24) is 4.90 Å². The van der Waals surface area contributed by atoms with Gasteiger partial charge in [-0.15, -0.1) is 0 Å². The van der Waals surface area contributed by atoms with Crippen LogP contribution in [0.1, 0.15) is 39.0 Å². The molecule has 6 bridgehead atoms. The van der Waals surface area contributed by atoms with Crippen molar-refractivity contribution in [3.63, 3.8) is 0 Å². The highest BCUT2D eigenvalue weighted by Gasteiger charge is 2.83. The second-order valence-corrected chi connectivity index (χ2v) is 10.4. The average molecular weight is 341 g/mol. The van der Waals surface area contributed by atoms with Crippen molar-refractivity contribution in [1.29, 1.82) is 0 Å². The van der Waals surface area contributed by atoms with Crippen LogP contribution in [0.2, 0.25) is 0 Å². The van der Waals surface area contributed by atoms with E-state index in [1.54, 1.807) is 0 Å². The van der Waals surface area contributed by atoms with Gasteiger partial charge in [0.2, 0.25) is 0 Å². The molecule has 6 aliphatic carbocycles. The monoisotopic (exact) mass is 341 g/mol. The second kappa shape index (κ2) is 3.96. The molecule has 1 N–H and O–H groups in total. The maximum Gasteiger partial charge on any atom is 0.145 e. The molecule has 1 aliphatic heterocycles. The lowest BCUT2D eigenvalue weighted by atomic mass is 9.39. The van der Waals surface area contributed by atoms with E-state index < -0.39 is 6.10 Å². The maximum absolute atomic E-state index is 13.4. The molecule has 1 saturated heterocycles. The van der Waals surface area contributed by atoms with E-state index in [2.05, 4.69) is 25.5 Å². The number of fused-ring (bicyclic) bond motifs is 1. The molecule has 7 rings (SSSR count). The first kappa shape index (κ1) is 15.1. The van der Waals surface area contributed by atoms with Crippen LogP contribution >= 0.6 is 0 Å². The van der Waals surface area contributed by atoms with Crippen LogP contribution in [-0.2, 0) is 9.59 Å². The Kier molecular flexibility index (Phi) is 2.39. The summed E-state index contributed by atoms with van der Waals surface area (Å²) in [5.41, 5.74) is 0.357. The van der Waals surface area contributed by atoms with Crippen LogP contribution in [0.25, 0.3) is 0 Å². The molecule has 1 heterocycles. The number of aliphatic hydroxyl groups is 1. The van der Waals surface area contributed by atoms with Crippen molar-refractivity contribution in [2.24, 2.45) is 39.9 Å². The van der Waals surface area contributed by atoms with Crippen LogP contribution in [0.3, 0.4) is 0 Å². The SMILES string of the molecule is C=C1[C@@H]2C[C@@H]3[C@]4(CC[C@@H]5[C@@]6(C)CC(=O)C[C@@]35[C@@H]([C@H]4C2=O)N(C)C6)[C@@H]1O. The van der Waals surface area contributed by atoms with Gasteiger partial charge in [-0.2, -0.15) is 0 Å². The zero-order valence-electron chi connectivity index (χ0n) is 15.1. The molecule has 2 spiro atoms. The van der Waals surface area contributed by atoms with Crippen molar-refractivity contribution >= 4 is 11.6 Å². The molecule has 0 radical (unpaired) electrons. The lowest BCUT2D eigenvalue weighted by Gasteiger charge is -2.67. The molecule has 0 aromatic heterocycles. The van der Waals surface area contributed by atoms with Gasteiger partial charge in [0.05, 0.1) is 6.10 Å². The number of nitrogens with zero attached hydrogens (tertiary/aromatic N) is 1. The van der Waals surface area contributed by atoms with E-state index in [4.69, 9.17) is 0 Å². The summed E-state index contributed by atoms with van der Waals surface area (Å²) in [5.74, 6) is 1.26. The van der Waals surface area contributed by atoms with Gasteiger partial charge in [-0.25, -0.2) is 0 Å². The summed E-state index contributed by atoms with van der Waals surface area (Å²) < 4.78 is 0. The molecule has 25 heavy (non-hydrogen) atoms. The van der Waals surface area contributed by atoms with E-state index >= 15 is 0 Å². The van der Waals surface area contributed by atoms with Gasteiger partial charge in [0.15, 0.2) is 0 Å². The molecule has 0 aromatic carbocycles. The number of likely N-dealkylation sites (tertiary alicyclic amines) is 1. The third kappa shape index (κ3) is 1.25. The Morgan fingerprint density at radius 2 is 1.96 bits per heavy atom. The molecule has 4 nitrogen and oxygen atoms in total. The van der Waals surface area contributed by atoms with Crippen LogP contribution in [0.15, 0.2) is 12.2 Å². The summed E-state index contributed by atoms with van der Waals surface area (Å²) in [4.78, 5) is 28.7. The fourth-order valence-electron chi connectivity index (χ4n) is 9.59. The van der Waals surface area contributed by atoms with E-state index in [0.29, 0.717) is 36.2 Å². The first-order valence-corrected chi connectivity index (χ1v) is 9.90. The van der Waals surface area contributed by atoms with Crippen LogP contribution in [0, 0.1) is 39.9 Å². The number of ketones is 2. The van der Waals surface area contributed by atoms with E-state index in [1.807, 2.05) is 0 Å². The smallest absolute Gasteiger partial charge is 0.145 e. The Bertz CT molecular complexity index is 760. The van der Waals surface area contributed by atoms with E-state index in [0.717, 1.165) is 31.4 Å². The molecule has 134 valence electrons. The summed E-state index contributed by atoms with van der Waals surface area (Å²) in [6.45, 7) is 7.34. The Hall–Kier alpha value is -1.00. The Morgan fingerprint density at radius 3 is 2.72 bits per heavy atom. The summed E-state index contributed by atoms with van der Waals surface area (Å²) in [6.07, 6.45) is 3.58. The van der Waals surface area contributed by atoms with Gasteiger partial charge in [0.25, 0.3) is 0 Å². The summed E-state index contributed by atoms with van der Waals surface area (Å²) in [5, 5.41) is 11.2. The van der Waals surface area contributed by atoms with Gasteiger partial charge < -0.3 is 10.0 Å². The number of Topliss-reactive ketones (excluding diaryl/α,β-unsaturated/α-hetero) is 2. The van der Waals surface area contributed by atoms with E-state index in [1.165, 1.54) is 0 Å². The van der Waals surface area contributed by atoms with Gasteiger partial charge in [0, 0.05) is 48.1 Å². The summed E-state index contributed by atoms with van der Waals surface area (Å²) >= 11 is 0. The third-order valence-corrected chi connectivity index (χ3v) is 9.72. The van der Waals surface area contributed by atoms with Crippen molar-refractivity contribution in [2.45, 2.75) is 51.2 Å². The molecule has 0 unspecified atom stereocenters.